The maximum Gasteiger partial charge on any atom is 0.290 e. The van der Waals surface area contributed by atoms with E-state index in [1.54, 1.807) is 24.0 Å². The first kappa shape index (κ1) is 27.6. The van der Waals surface area contributed by atoms with Gasteiger partial charge < -0.3 is 25.2 Å². The summed E-state index contributed by atoms with van der Waals surface area (Å²) in [5, 5.41) is 23.3. The topological polar surface area (TPSA) is 116 Å². The first-order chi connectivity index (χ1) is 16.9. The van der Waals surface area contributed by atoms with Gasteiger partial charge in [-0.2, -0.15) is 0 Å². The monoisotopic (exact) mass is 598 g/mol. The first-order valence-electron chi connectivity index (χ1n) is 12.4. The van der Waals surface area contributed by atoms with Crippen molar-refractivity contribution in [2.24, 2.45) is 0 Å². The van der Waals surface area contributed by atoms with Gasteiger partial charge in [-0.3, -0.25) is 14.4 Å². The highest BCUT2D eigenvalue weighted by molar-refractivity contribution is 14.1. The van der Waals surface area contributed by atoms with Crippen LogP contribution in [0, 0.1) is 3.57 Å². The number of amides is 2. The van der Waals surface area contributed by atoms with Crippen molar-refractivity contribution in [3.05, 3.63) is 39.5 Å². The number of hydrogen-bond acceptors (Lipinski definition) is 6. The van der Waals surface area contributed by atoms with Gasteiger partial charge in [0.05, 0.1) is 16.2 Å². The molecule has 3 unspecified atom stereocenters. The molecular weight excluding hydrogens is 563 g/mol. The van der Waals surface area contributed by atoms with Crippen LogP contribution in [0.1, 0.15) is 58.3 Å². The fourth-order valence-electron chi connectivity index (χ4n) is 4.85. The van der Waals surface area contributed by atoms with E-state index in [2.05, 4.69) is 27.9 Å². The molecule has 9 heteroatoms. The molecule has 0 saturated heterocycles. The number of hydrogen-bond donors (Lipinski definition) is 3. The second kappa shape index (κ2) is 13.4. The molecule has 0 bridgehead atoms. The number of aliphatic hydroxyl groups is 2. The van der Waals surface area contributed by atoms with Crippen molar-refractivity contribution < 1.29 is 29.3 Å². The molecule has 2 amide bonds. The molecular formula is C26H35IN2O6. The largest absolute Gasteiger partial charge is 0.482 e. The molecule has 2 aliphatic carbocycles. The predicted octanol–water partition coefficient (Wildman–Crippen LogP) is 2.74. The number of para-hydroxylation sites is 1. The Kier molecular flexibility index (Phi) is 10.5. The molecule has 0 aromatic heterocycles. The summed E-state index contributed by atoms with van der Waals surface area (Å²) < 4.78 is 7.00. The molecule has 35 heavy (non-hydrogen) atoms. The van der Waals surface area contributed by atoms with E-state index in [4.69, 9.17) is 9.84 Å². The highest BCUT2D eigenvalue weighted by Crippen LogP contribution is 2.33. The highest BCUT2D eigenvalue weighted by Gasteiger charge is 2.44. The summed E-state index contributed by atoms with van der Waals surface area (Å²) in [6.45, 7) is 1.54. The van der Waals surface area contributed by atoms with Crippen molar-refractivity contribution in [2.75, 3.05) is 13.2 Å². The zero-order valence-electron chi connectivity index (χ0n) is 20.1. The number of benzene rings is 1. The van der Waals surface area contributed by atoms with Crippen molar-refractivity contribution in [2.45, 2.75) is 82.6 Å². The standard InChI is InChI=1S/C26H35IN2O6/c1-2-21(31)26(34)29(18-9-5-3-4-6-10-18)20-15-17(25(33)28-13-14-30)16-23(24(20)32)35-22-12-8-7-11-19(22)27/h7-8,11-12,16,18,20,23-24,30,32H,2-6,9-10,13-15H2,1H3,(H,28,33). The van der Waals surface area contributed by atoms with Gasteiger partial charge in [0.25, 0.3) is 5.91 Å². The molecule has 3 rings (SSSR count). The van der Waals surface area contributed by atoms with Gasteiger partial charge in [0.1, 0.15) is 18.0 Å². The smallest absolute Gasteiger partial charge is 0.290 e. The summed E-state index contributed by atoms with van der Waals surface area (Å²) in [5.74, 6) is -0.936. The lowest BCUT2D eigenvalue weighted by molar-refractivity contribution is -0.152. The zero-order chi connectivity index (χ0) is 25.4. The Bertz CT molecular complexity index is 928. The van der Waals surface area contributed by atoms with Gasteiger partial charge in [-0.1, -0.05) is 44.7 Å². The number of nitrogens with one attached hydrogen (secondary N) is 1. The van der Waals surface area contributed by atoms with Crippen molar-refractivity contribution in [3.8, 4) is 5.75 Å². The maximum absolute atomic E-state index is 13.4. The van der Waals surface area contributed by atoms with Gasteiger partial charge in [-0.25, -0.2) is 0 Å². The Balaban J connectivity index is 1.99. The number of carbonyl (C=O) groups excluding carboxylic acids is 3. The Morgan fingerprint density at radius 3 is 2.46 bits per heavy atom. The van der Waals surface area contributed by atoms with Crippen LogP contribution in [0.2, 0.25) is 0 Å². The number of ether oxygens (including phenoxy) is 1. The summed E-state index contributed by atoms with van der Waals surface area (Å²) >= 11 is 2.14. The molecule has 3 atom stereocenters. The fourth-order valence-corrected chi connectivity index (χ4v) is 5.37. The van der Waals surface area contributed by atoms with Crippen molar-refractivity contribution >= 4 is 40.2 Å². The minimum absolute atomic E-state index is 0.0761. The van der Waals surface area contributed by atoms with Gasteiger partial charge >= 0.3 is 0 Å². The SMILES string of the molecule is CCC(=O)C(=O)N(C1CCCCCC1)C1CC(C(=O)NCCO)=CC(Oc2ccccc2I)C1O. The third-order valence-electron chi connectivity index (χ3n) is 6.68. The van der Waals surface area contributed by atoms with Crippen LogP contribution in [0.5, 0.6) is 5.75 Å². The summed E-state index contributed by atoms with van der Waals surface area (Å²) in [6, 6.07) is 6.39. The van der Waals surface area contributed by atoms with Crippen molar-refractivity contribution in [1.29, 1.82) is 0 Å². The fraction of sp³-hybridized carbons (Fsp3) is 0.577. The second-order valence-electron chi connectivity index (χ2n) is 9.08. The molecule has 0 radical (unpaired) electrons. The Morgan fingerprint density at radius 2 is 1.83 bits per heavy atom. The molecule has 0 heterocycles. The number of nitrogens with zero attached hydrogens (tertiary/aromatic N) is 1. The van der Waals surface area contributed by atoms with E-state index in [-0.39, 0.29) is 37.9 Å². The summed E-state index contributed by atoms with van der Waals surface area (Å²) in [4.78, 5) is 40.4. The number of ketones is 1. The normalized spacial score (nSPS) is 23.1. The van der Waals surface area contributed by atoms with Crippen molar-refractivity contribution in [1.82, 2.24) is 10.2 Å². The molecule has 1 aromatic carbocycles. The number of carbonyl (C=O) groups is 3. The zero-order valence-corrected chi connectivity index (χ0v) is 22.3. The molecule has 1 aromatic rings. The van der Waals surface area contributed by atoms with Gasteiger partial charge in [0.2, 0.25) is 11.7 Å². The number of aliphatic hydroxyl groups excluding tert-OH is 2. The van der Waals surface area contributed by atoms with E-state index >= 15 is 0 Å². The van der Waals surface area contributed by atoms with Gasteiger partial charge in [-0.05, 0) is 53.6 Å². The van der Waals surface area contributed by atoms with E-state index in [1.165, 1.54) is 0 Å². The average molecular weight is 598 g/mol. The minimum Gasteiger partial charge on any atom is -0.482 e. The van der Waals surface area contributed by atoms with Crippen molar-refractivity contribution in [3.63, 3.8) is 0 Å². The van der Waals surface area contributed by atoms with Gasteiger partial charge in [0.15, 0.2) is 0 Å². The molecule has 3 N–H and O–H groups in total. The number of rotatable bonds is 9. The van der Waals surface area contributed by atoms with Gasteiger partial charge in [-0.15, -0.1) is 0 Å². The summed E-state index contributed by atoms with van der Waals surface area (Å²) in [5.41, 5.74) is 0.361. The van der Waals surface area contributed by atoms with Crippen LogP contribution in [0.25, 0.3) is 0 Å². The lowest BCUT2D eigenvalue weighted by atomic mass is 9.86. The van der Waals surface area contributed by atoms with Crippen LogP contribution in [-0.4, -0.2) is 70.2 Å². The van der Waals surface area contributed by atoms with Crippen LogP contribution in [0.4, 0.5) is 0 Å². The minimum atomic E-state index is -1.13. The Morgan fingerprint density at radius 1 is 1.14 bits per heavy atom. The van der Waals surface area contributed by atoms with E-state index in [0.29, 0.717) is 11.3 Å². The molecule has 2 aliphatic rings. The Labute approximate surface area is 220 Å². The van der Waals surface area contributed by atoms with Gasteiger partial charge in [0, 0.05) is 31.0 Å². The summed E-state index contributed by atoms with van der Waals surface area (Å²) in [7, 11) is 0. The van der Waals surface area contributed by atoms with Crippen LogP contribution in [0.15, 0.2) is 35.9 Å². The predicted molar refractivity (Wildman–Crippen MR) is 140 cm³/mol. The third-order valence-corrected chi connectivity index (χ3v) is 7.57. The summed E-state index contributed by atoms with van der Waals surface area (Å²) in [6.07, 6.45) is 5.28. The van der Waals surface area contributed by atoms with Crippen LogP contribution in [0.3, 0.4) is 0 Å². The quantitative estimate of drug-likeness (QED) is 0.229. The highest BCUT2D eigenvalue weighted by atomic mass is 127. The van der Waals surface area contributed by atoms with E-state index in [9.17, 15) is 19.5 Å². The molecule has 1 saturated carbocycles. The molecule has 1 fully saturated rings. The number of Topliss-reactive ketones (excluding diaryl/α,β-unsaturated/α-hetero) is 1. The third kappa shape index (κ3) is 7.04. The molecule has 8 nitrogen and oxygen atoms in total. The molecule has 0 aliphatic heterocycles. The lowest BCUT2D eigenvalue weighted by Crippen LogP contribution is -2.59. The molecule has 0 spiro atoms. The van der Waals surface area contributed by atoms with E-state index in [0.717, 1.165) is 42.1 Å². The maximum atomic E-state index is 13.4. The van der Waals surface area contributed by atoms with Crippen LogP contribution in [-0.2, 0) is 14.4 Å². The molecule has 192 valence electrons. The average Bonchev–Trinajstić information content (AvgIpc) is 3.14. The number of halogens is 1. The lowest BCUT2D eigenvalue weighted by Gasteiger charge is -2.43. The first-order valence-corrected chi connectivity index (χ1v) is 13.5. The Hall–Kier alpha value is -1.98. The second-order valence-corrected chi connectivity index (χ2v) is 10.2. The van der Waals surface area contributed by atoms with Crippen LogP contribution >= 0.6 is 22.6 Å². The van der Waals surface area contributed by atoms with Crippen LogP contribution < -0.4 is 10.1 Å². The van der Waals surface area contributed by atoms with E-state index < -0.39 is 29.9 Å². The van der Waals surface area contributed by atoms with E-state index in [1.807, 2.05) is 18.2 Å².